The van der Waals surface area contributed by atoms with Crippen LogP contribution in [0.2, 0.25) is 0 Å². The average Bonchev–Trinajstić information content (AvgIpc) is 2.70. The molecule has 0 bridgehead atoms. The third-order valence-electron chi connectivity index (χ3n) is 2.33. The van der Waals surface area contributed by atoms with Gasteiger partial charge in [-0.2, -0.15) is 0 Å². The van der Waals surface area contributed by atoms with E-state index in [1.165, 1.54) is 0 Å². The summed E-state index contributed by atoms with van der Waals surface area (Å²) in [5.74, 6) is 0. The van der Waals surface area contributed by atoms with E-state index in [0.717, 1.165) is 22.4 Å². The van der Waals surface area contributed by atoms with Gasteiger partial charge in [-0.05, 0) is 31.0 Å². The minimum atomic E-state index is 0.714. The minimum Gasteiger partial charge on any atom is -0.343 e. The van der Waals surface area contributed by atoms with E-state index in [4.69, 9.17) is 0 Å². The van der Waals surface area contributed by atoms with E-state index in [-0.39, 0.29) is 0 Å². The Bertz CT molecular complexity index is 516. The fourth-order valence-corrected chi connectivity index (χ4v) is 1.61. The molecule has 0 aliphatic rings. The minimum absolute atomic E-state index is 0.714. The summed E-state index contributed by atoms with van der Waals surface area (Å²) in [5.41, 5.74) is 2.87. The topological polar surface area (TPSA) is 41.0 Å². The lowest BCUT2D eigenvalue weighted by atomic mass is 10.2. The molecule has 0 atom stereocenters. The largest absolute Gasteiger partial charge is 0.343 e. The molecule has 0 aliphatic heterocycles. The van der Waals surface area contributed by atoms with Crippen molar-refractivity contribution in [3.05, 3.63) is 54.5 Å². The van der Waals surface area contributed by atoms with Gasteiger partial charge in [0, 0.05) is 29.4 Å². The fourth-order valence-electron chi connectivity index (χ4n) is 1.61. The number of hydrogen-bond donors (Lipinski definition) is 1. The van der Waals surface area contributed by atoms with Crippen molar-refractivity contribution in [1.29, 1.82) is 0 Å². The molecule has 3 heteroatoms. The molecular formula is C13H13N3. The number of rotatable bonds is 4. The molecule has 2 heterocycles. The lowest BCUT2D eigenvalue weighted by Crippen LogP contribution is -1.87. The molecule has 0 fully saturated rings. The van der Waals surface area contributed by atoms with E-state index in [0.29, 0.717) is 6.42 Å². The van der Waals surface area contributed by atoms with Crippen molar-refractivity contribution >= 4 is 17.8 Å². The van der Waals surface area contributed by atoms with Crippen LogP contribution in [0.5, 0.6) is 0 Å². The first-order chi connectivity index (χ1) is 7.83. The van der Waals surface area contributed by atoms with Crippen molar-refractivity contribution in [2.45, 2.75) is 6.42 Å². The van der Waals surface area contributed by atoms with E-state index in [1.54, 1.807) is 12.3 Å². The first-order valence-corrected chi connectivity index (χ1v) is 5.04. The van der Waals surface area contributed by atoms with E-state index in [9.17, 15) is 0 Å². The molecule has 80 valence electrons. The summed E-state index contributed by atoms with van der Waals surface area (Å²) < 4.78 is 0. The van der Waals surface area contributed by atoms with Gasteiger partial charge in [0.15, 0.2) is 0 Å². The van der Waals surface area contributed by atoms with Crippen molar-refractivity contribution in [1.82, 2.24) is 9.97 Å². The Balaban J connectivity index is 2.30. The van der Waals surface area contributed by atoms with Gasteiger partial charge in [-0.3, -0.25) is 4.99 Å². The molecule has 2 aromatic heterocycles. The number of aromatic amines is 1. The number of allylic oxidation sites excluding steroid dienone is 3. The van der Waals surface area contributed by atoms with E-state index < -0.39 is 0 Å². The van der Waals surface area contributed by atoms with Crippen LogP contribution >= 0.6 is 0 Å². The lowest BCUT2D eigenvalue weighted by molar-refractivity contribution is 1.06. The molecule has 16 heavy (non-hydrogen) atoms. The predicted octanol–water partition coefficient (Wildman–Crippen LogP) is 2.88. The predicted molar refractivity (Wildman–Crippen MR) is 67.6 cm³/mol. The van der Waals surface area contributed by atoms with Crippen molar-refractivity contribution in [2.75, 3.05) is 0 Å². The molecule has 3 nitrogen and oxygen atoms in total. The molecule has 2 aromatic rings. The van der Waals surface area contributed by atoms with Crippen molar-refractivity contribution in [3.63, 3.8) is 0 Å². The van der Waals surface area contributed by atoms with E-state index in [2.05, 4.69) is 34.3 Å². The number of nitrogens with zero attached hydrogens (tertiary/aromatic N) is 2. The Kier molecular flexibility index (Phi) is 2.96. The number of aromatic nitrogens is 2. The number of nitrogens with one attached hydrogen (secondary N) is 1. The zero-order chi connectivity index (χ0) is 11.4. The van der Waals surface area contributed by atoms with Crippen LogP contribution in [0.25, 0.3) is 11.0 Å². The van der Waals surface area contributed by atoms with Gasteiger partial charge in [-0.25, -0.2) is 4.98 Å². The molecule has 0 saturated heterocycles. The highest BCUT2D eigenvalue weighted by Crippen LogP contribution is 2.15. The molecule has 0 aliphatic carbocycles. The second kappa shape index (κ2) is 4.57. The van der Waals surface area contributed by atoms with Gasteiger partial charge in [-0.15, -0.1) is 0 Å². The lowest BCUT2D eigenvalue weighted by Gasteiger charge is -1.96. The van der Waals surface area contributed by atoms with Crippen LogP contribution in [0, 0.1) is 0 Å². The number of hydrogen-bond acceptors (Lipinski definition) is 2. The summed E-state index contributed by atoms with van der Waals surface area (Å²) in [7, 11) is 0. The molecular weight excluding hydrogens is 198 g/mol. The Labute approximate surface area is 94.2 Å². The normalized spacial score (nSPS) is 11.6. The van der Waals surface area contributed by atoms with E-state index in [1.807, 2.05) is 18.2 Å². The first kappa shape index (κ1) is 10.4. The summed E-state index contributed by atoms with van der Waals surface area (Å²) in [4.78, 5) is 11.4. The van der Waals surface area contributed by atoms with Crippen LogP contribution in [0.4, 0.5) is 0 Å². The molecule has 0 spiro atoms. The Morgan fingerprint density at radius 1 is 1.56 bits per heavy atom. The number of pyridine rings is 1. The highest BCUT2D eigenvalue weighted by Gasteiger charge is 2.02. The van der Waals surface area contributed by atoms with Gasteiger partial charge < -0.3 is 4.98 Å². The molecule has 0 aromatic carbocycles. The maximum absolute atomic E-state index is 4.24. The van der Waals surface area contributed by atoms with Gasteiger partial charge >= 0.3 is 0 Å². The monoisotopic (exact) mass is 211 g/mol. The highest BCUT2D eigenvalue weighted by molar-refractivity contribution is 5.76. The third kappa shape index (κ3) is 2.08. The van der Waals surface area contributed by atoms with Crippen LogP contribution in [0.3, 0.4) is 0 Å². The number of fused-ring (bicyclic) bond motifs is 1. The van der Waals surface area contributed by atoms with Crippen LogP contribution in [-0.4, -0.2) is 16.7 Å². The van der Waals surface area contributed by atoms with Crippen LogP contribution in [-0.2, 0) is 6.42 Å². The maximum atomic E-state index is 4.24. The second-order valence-electron chi connectivity index (χ2n) is 3.46. The van der Waals surface area contributed by atoms with Crippen LogP contribution < -0.4 is 0 Å². The fraction of sp³-hybridized carbons (Fsp3) is 0.0769. The first-order valence-electron chi connectivity index (χ1n) is 5.04. The Morgan fingerprint density at radius 3 is 3.12 bits per heavy atom. The summed E-state index contributed by atoms with van der Waals surface area (Å²) >= 11 is 0. The zero-order valence-corrected chi connectivity index (χ0v) is 8.98. The summed E-state index contributed by atoms with van der Waals surface area (Å²) in [5, 5.41) is 1.11. The van der Waals surface area contributed by atoms with Gasteiger partial charge in [-0.1, -0.05) is 12.7 Å². The second-order valence-corrected chi connectivity index (χ2v) is 3.46. The van der Waals surface area contributed by atoms with Crippen molar-refractivity contribution in [3.8, 4) is 0 Å². The van der Waals surface area contributed by atoms with Crippen LogP contribution in [0.1, 0.15) is 5.69 Å². The zero-order valence-electron chi connectivity index (χ0n) is 8.98. The number of aliphatic imine (C=N–C) groups is 1. The summed E-state index contributed by atoms with van der Waals surface area (Å²) in [6, 6.07) is 6.02. The standard InChI is InChI=1S/C13H13N3/c1-3-5-11(14-2)9-12-8-10-6-4-7-15-13(10)16-12/h3-8H,1-2,9H2,(H,15,16)/b11-5-. The molecule has 0 unspecified atom stereocenters. The summed E-state index contributed by atoms with van der Waals surface area (Å²) in [6.45, 7) is 7.18. The smallest absolute Gasteiger partial charge is 0.137 e. The summed E-state index contributed by atoms with van der Waals surface area (Å²) in [6.07, 6.45) is 6.05. The van der Waals surface area contributed by atoms with Crippen molar-refractivity contribution in [2.24, 2.45) is 4.99 Å². The van der Waals surface area contributed by atoms with Gasteiger partial charge in [0.1, 0.15) is 5.65 Å². The SMILES string of the molecule is C=C/C=C(/Cc1cc2cccnc2[nH]1)N=C. The molecule has 0 amide bonds. The average molecular weight is 211 g/mol. The van der Waals surface area contributed by atoms with Gasteiger partial charge in [0.2, 0.25) is 0 Å². The highest BCUT2D eigenvalue weighted by atomic mass is 14.9. The number of H-pyrrole nitrogens is 1. The molecule has 2 rings (SSSR count). The Morgan fingerprint density at radius 2 is 2.44 bits per heavy atom. The van der Waals surface area contributed by atoms with Crippen molar-refractivity contribution < 1.29 is 0 Å². The quantitative estimate of drug-likeness (QED) is 0.613. The third-order valence-corrected chi connectivity index (χ3v) is 2.33. The Hall–Kier alpha value is -2.16. The van der Waals surface area contributed by atoms with E-state index >= 15 is 0 Å². The molecule has 1 N–H and O–H groups in total. The van der Waals surface area contributed by atoms with Crippen LogP contribution in [0.15, 0.2) is 53.8 Å². The molecule has 0 radical (unpaired) electrons. The van der Waals surface area contributed by atoms with Gasteiger partial charge in [0.05, 0.1) is 0 Å². The maximum Gasteiger partial charge on any atom is 0.137 e. The molecule has 0 saturated carbocycles. The van der Waals surface area contributed by atoms with Gasteiger partial charge in [0.25, 0.3) is 0 Å².